The fourth-order valence-corrected chi connectivity index (χ4v) is 2.36. The molecule has 19 heavy (non-hydrogen) atoms. The third-order valence-electron chi connectivity index (χ3n) is 3.23. The van der Waals surface area contributed by atoms with Gasteiger partial charge in [-0.15, -0.1) is 0 Å². The number of nitrogens with zero attached hydrogens (tertiary/aromatic N) is 2. The highest BCUT2D eigenvalue weighted by molar-refractivity contribution is 5.49. The van der Waals surface area contributed by atoms with Crippen LogP contribution in [0.2, 0.25) is 0 Å². The molecule has 1 aromatic rings. The van der Waals surface area contributed by atoms with Crippen molar-refractivity contribution in [3.8, 4) is 0 Å². The summed E-state index contributed by atoms with van der Waals surface area (Å²) in [5.41, 5.74) is 0. The van der Waals surface area contributed by atoms with Gasteiger partial charge in [-0.3, -0.25) is 0 Å². The number of rotatable bonds is 4. The molecule has 1 N–H and O–H groups in total. The van der Waals surface area contributed by atoms with Crippen molar-refractivity contribution in [2.45, 2.75) is 25.9 Å². The van der Waals surface area contributed by atoms with Gasteiger partial charge in [-0.25, -0.2) is 13.8 Å². The van der Waals surface area contributed by atoms with Crippen molar-refractivity contribution < 1.29 is 13.5 Å². The second-order valence-electron chi connectivity index (χ2n) is 4.54. The Morgan fingerprint density at radius 1 is 1.47 bits per heavy atom. The summed E-state index contributed by atoms with van der Waals surface area (Å²) in [5.74, 6) is -1.05. The van der Waals surface area contributed by atoms with Gasteiger partial charge in [-0.05, 0) is 19.8 Å². The van der Waals surface area contributed by atoms with Gasteiger partial charge in [0.25, 0.3) is 0 Å². The molecule has 2 rings (SSSR count). The zero-order valence-corrected chi connectivity index (χ0v) is 11.2. The molecular formula is C13H19F2N3O. The van der Waals surface area contributed by atoms with E-state index in [4.69, 9.17) is 4.74 Å². The van der Waals surface area contributed by atoms with Crippen LogP contribution in [0.3, 0.4) is 0 Å². The Morgan fingerprint density at radius 2 is 2.26 bits per heavy atom. The maximum atomic E-state index is 13.9. The number of aromatic nitrogens is 1. The van der Waals surface area contributed by atoms with E-state index < -0.39 is 11.6 Å². The van der Waals surface area contributed by atoms with E-state index in [1.165, 1.54) is 0 Å². The zero-order valence-electron chi connectivity index (χ0n) is 11.2. The summed E-state index contributed by atoms with van der Waals surface area (Å²) in [6.07, 6.45) is 1.97. The highest BCUT2D eigenvalue weighted by Gasteiger charge is 2.24. The Kier molecular flexibility index (Phi) is 4.52. The van der Waals surface area contributed by atoms with Crippen LogP contribution in [-0.2, 0) is 4.74 Å². The van der Waals surface area contributed by atoms with E-state index in [1.54, 1.807) is 7.05 Å². The van der Waals surface area contributed by atoms with Crippen molar-refractivity contribution >= 4 is 11.6 Å². The SMILES string of the molecule is CCOC1CCCN(c2nc(NC)c(F)cc2F)C1. The number of pyridine rings is 1. The quantitative estimate of drug-likeness (QED) is 0.912. The molecule has 1 unspecified atom stereocenters. The standard InChI is InChI=1S/C13H19F2N3O/c1-3-19-9-5-4-6-18(8-9)13-11(15)7-10(14)12(16-2)17-13/h7,9H,3-6,8H2,1-2H3,(H,16,17). The molecule has 0 amide bonds. The lowest BCUT2D eigenvalue weighted by molar-refractivity contribution is 0.0524. The first-order chi connectivity index (χ1) is 9.15. The summed E-state index contributed by atoms with van der Waals surface area (Å²) in [5, 5.41) is 2.63. The first-order valence-corrected chi connectivity index (χ1v) is 6.56. The maximum absolute atomic E-state index is 13.9. The largest absolute Gasteiger partial charge is 0.377 e. The van der Waals surface area contributed by atoms with Gasteiger partial charge in [0.15, 0.2) is 23.3 Å². The third kappa shape index (κ3) is 3.12. The van der Waals surface area contributed by atoms with Crippen LogP contribution in [-0.4, -0.2) is 37.8 Å². The van der Waals surface area contributed by atoms with E-state index in [2.05, 4.69) is 10.3 Å². The Hall–Kier alpha value is -1.43. The highest BCUT2D eigenvalue weighted by Crippen LogP contribution is 2.25. The van der Waals surface area contributed by atoms with E-state index in [-0.39, 0.29) is 17.7 Å². The smallest absolute Gasteiger partial charge is 0.168 e. The summed E-state index contributed by atoms with van der Waals surface area (Å²) >= 11 is 0. The summed E-state index contributed by atoms with van der Waals surface area (Å²) in [7, 11) is 1.56. The van der Waals surface area contributed by atoms with Crippen LogP contribution in [0, 0.1) is 11.6 Å². The third-order valence-corrected chi connectivity index (χ3v) is 3.23. The Bertz CT molecular complexity index is 440. The highest BCUT2D eigenvalue weighted by atomic mass is 19.1. The maximum Gasteiger partial charge on any atom is 0.168 e. The molecule has 1 saturated heterocycles. The average molecular weight is 271 g/mol. The molecule has 0 saturated carbocycles. The van der Waals surface area contributed by atoms with Crippen LogP contribution in [0.15, 0.2) is 6.07 Å². The van der Waals surface area contributed by atoms with Gasteiger partial charge in [0, 0.05) is 32.8 Å². The predicted octanol–water partition coefficient (Wildman–Crippen LogP) is 2.41. The Morgan fingerprint density at radius 3 is 2.95 bits per heavy atom. The minimum atomic E-state index is -0.679. The zero-order chi connectivity index (χ0) is 13.8. The topological polar surface area (TPSA) is 37.4 Å². The molecule has 0 aliphatic carbocycles. The lowest BCUT2D eigenvalue weighted by atomic mass is 10.1. The molecule has 106 valence electrons. The number of ether oxygens (including phenoxy) is 1. The molecule has 0 aromatic carbocycles. The second kappa shape index (κ2) is 6.14. The van der Waals surface area contributed by atoms with Crippen LogP contribution >= 0.6 is 0 Å². The lowest BCUT2D eigenvalue weighted by Crippen LogP contribution is -2.40. The van der Waals surface area contributed by atoms with E-state index in [1.807, 2.05) is 11.8 Å². The monoisotopic (exact) mass is 271 g/mol. The van der Waals surface area contributed by atoms with Gasteiger partial charge in [0.1, 0.15) is 0 Å². The van der Waals surface area contributed by atoms with Crippen molar-refractivity contribution in [2.75, 3.05) is 37.0 Å². The average Bonchev–Trinajstić information content (AvgIpc) is 2.39. The van der Waals surface area contributed by atoms with Crippen molar-refractivity contribution in [3.05, 3.63) is 17.7 Å². The number of piperidine rings is 1. The second-order valence-corrected chi connectivity index (χ2v) is 4.54. The molecule has 1 aliphatic heterocycles. The van der Waals surface area contributed by atoms with Crippen molar-refractivity contribution in [1.29, 1.82) is 0 Å². The normalized spacial score (nSPS) is 19.6. The molecule has 0 bridgehead atoms. The molecular weight excluding hydrogens is 252 g/mol. The van der Waals surface area contributed by atoms with Crippen LogP contribution in [0.25, 0.3) is 0 Å². The molecule has 0 spiro atoms. The van der Waals surface area contributed by atoms with Crippen LogP contribution < -0.4 is 10.2 Å². The molecule has 4 nitrogen and oxygen atoms in total. The van der Waals surface area contributed by atoms with Gasteiger partial charge in [0.2, 0.25) is 0 Å². The van der Waals surface area contributed by atoms with Crippen LogP contribution in [0.4, 0.5) is 20.4 Å². The molecule has 1 fully saturated rings. The summed E-state index contributed by atoms with van der Waals surface area (Å²) < 4.78 is 32.8. The number of anilines is 2. The fourth-order valence-electron chi connectivity index (χ4n) is 2.36. The van der Waals surface area contributed by atoms with Crippen LogP contribution in [0.1, 0.15) is 19.8 Å². The summed E-state index contributed by atoms with van der Waals surface area (Å²) in [6, 6.07) is 0.873. The van der Waals surface area contributed by atoms with E-state index in [9.17, 15) is 8.78 Å². The fraction of sp³-hybridized carbons (Fsp3) is 0.615. The van der Waals surface area contributed by atoms with Crippen molar-refractivity contribution in [2.24, 2.45) is 0 Å². The molecule has 0 radical (unpaired) electrons. The lowest BCUT2D eigenvalue weighted by Gasteiger charge is -2.33. The molecule has 1 atom stereocenters. The van der Waals surface area contributed by atoms with Gasteiger partial charge in [-0.2, -0.15) is 0 Å². The summed E-state index contributed by atoms with van der Waals surface area (Å²) in [6.45, 7) is 3.88. The first kappa shape index (κ1) is 14.0. The Balaban J connectivity index is 2.20. The van der Waals surface area contributed by atoms with Gasteiger partial charge in [-0.1, -0.05) is 0 Å². The molecule has 1 aliphatic rings. The minimum absolute atomic E-state index is 0.0648. The summed E-state index contributed by atoms with van der Waals surface area (Å²) in [4.78, 5) is 5.84. The van der Waals surface area contributed by atoms with Crippen LogP contribution in [0.5, 0.6) is 0 Å². The molecule has 2 heterocycles. The van der Waals surface area contributed by atoms with Gasteiger partial charge in [0.05, 0.1) is 6.10 Å². The van der Waals surface area contributed by atoms with Crippen molar-refractivity contribution in [3.63, 3.8) is 0 Å². The van der Waals surface area contributed by atoms with Crippen molar-refractivity contribution in [1.82, 2.24) is 4.98 Å². The number of nitrogens with one attached hydrogen (secondary N) is 1. The molecule has 6 heteroatoms. The molecule has 1 aromatic heterocycles. The Labute approximate surface area is 111 Å². The number of halogens is 2. The minimum Gasteiger partial charge on any atom is -0.377 e. The predicted molar refractivity (Wildman–Crippen MR) is 70.6 cm³/mol. The van der Waals surface area contributed by atoms with E-state index in [0.717, 1.165) is 18.9 Å². The van der Waals surface area contributed by atoms with E-state index >= 15 is 0 Å². The first-order valence-electron chi connectivity index (χ1n) is 6.56. The van der Waals surface area contributed by atoms with Gasteiger partial charge < -0.3 is 15.0 Å². The van der Waals surface area contributed by atoms with E-state index in [0.29, 0.717) is 19.7 Å². The number of hydrogen-bond acceptors (Lipinski definition) is 4. The van der Waals surface area contributed by atoms with Gasteiger partial charge >= 0.3 is 0 Å². The number of hydrogen-bond donors (Lipinski definition) is 1.